The number of aliphatic hydroxyl groups is 1. The maximum absolute atomic E-state index is 13.5. The number of carbonyl (C=O) groups excluding carboxylic acids is 1. The molecule has 1 heterocycles. The van der Waals surface area contributed by atoms with Crippen LogP contribution in [-0.2, 0) is 31.0 Å². The van der Waals surface area contributed by atoms with E-state index in [-0.39, 0.29) is 48.3 Å². The Labute approximate surface area is 224 Å². The zero-order valence-corrected chi connectivity index (χ0v) is 23.4. The molecule has 0 spiro atoms. The van der Waals surface area contributed by atoms with Crippen LogP contribution < -0.4 is 10.1 Å². The van der Waals surface area contributed by atoms with Crippen LogP contribution in [0.25, 0.3) is 0 Å². The minimum Gasteiger partial charge on any atom is -0.497 e. The van der Waals surface area contributed by atoms with Gasteiger partial charge >= 0.3 is 6.09 Å². The molecule has 0 bridgehead atoms. The number of methoxy groups -OCH3 is 1. The molecule has 0 saturated carbocycles. The number of nitrogens with zero attached hydrogens (tertiary/aromatic N) is 1. The topological polar surface area (TPSA) is 139 Å². The molecule has 1 aliphatic heterocycles. The molecule has 0 unspecified atom stereocenters. The summed E-state index contributed by atoms with van der Waals surface area (Å²) in [6.45, 7) is 3.61. The summed E-state index contributed by atoms with van der Waals surface area (Å²) in [6.07, 6.45) is -2.49. The molecule has 1 aliphatic rings. The molecule has 12 heteroatoms. The monoisotopic (exact) mass is 568 g/mol. The van der Waals surface area contributed by atoms with Crippen LogP contribution in [0.1, 0.15) is 25.8 Å². The van der Waals surface area contributed by atoms with E-state index in [0.717, 1.165) is 5.56 Å². The van der Waals surface area contributed by atoms with E-state index in [4.69, 9.17) is 9.47 Å². The van der Waals surface area contributed by atoms with E-state index < -0.39 is 44.2 Å². The molecule has 38 heavy (non-hydrogen) atoms. The van der Waals surface area contributed by atoms with Crippen molar-refractivity contribution in [3.05, 3.63) is 60.2 Å². The van der Waals surface area contributed by atoms with Gasteiger partial charge in [-0.3, -0.25) is 0 Å². The smallest absolute Gasteiger partial charge is 0.407 e. The number of aliphatic hydroxyl groups excluding tert-OH is 1. The first-order valence-electron chi connectivity index (χ1n) is 12.4. The van der Waals surface area contributed by atoms with Crippen molar-refractivity contribution in [3.63, 3.8) is 0 Å². The molecule has 3 rings (SSSR count). The van der Waals surface area contributed by atoms with Crippen LogP contribution in [0.15, 0.2) is 59.5 Å². The maximum Gasteiger partial charge on any atom is 0.407 e. The van der Waals surface area contributed by atoms with Gasteiger partial charge < -0.3 is 19.9 Å². The SMILES string of the molecule is COc1ccc(S(=O)(=O)N(CC(C)C)C[C@@H](O)[C@H](Cc2ccccc2)NC(=O)O[C@H]2CCS(=O)(=O)C2)cc1. The summed E-state index contributed by atoms with van der Waals surface area (Å²) in [6, 6.07) is 14.2. The lowest BCUT2D eigenvalue weighted by Crippen LogP contribution is -2.51. The minimum absolute atomic E-state index is 0.0370. The normalized spacial score (nSPS) is 18.7. The molecular weight excluding hydrogens is 532 g/mol. The number of amides is 1. The second-order valence-corrected chi connectivity index (χ2v) is 14.0. The van der Waals surface area contributed by atoms with Crippen LogP contribution in [0, 0.1) is 5.92 Å². The van der Waals surface area contributed by atoms with Crippen LogP contribution in [0.4, 0.5) is 4.79 Å². The van der Waals surface area contributed by atoms with Crippen LogP contribution in [-0.4, -0.2) is 82.3 Å². The Hall–Kier alpha value is -2.67. The van der Waals surface area contributed by atoms with Crippen molar-refractivity contribution in [2.45, 2.75) is 49.8 Å². The molecule has 0 aromatic heterocycles. The molecule has 1 saturated heterocycles. The number of rotatable bonds is 12. The summed E-state index contributed by atoms with van der Waals surface area (Å²) in [4.78, 5) is 12.7. The van der Waals surface area contributed by atoms with Crippen molar-refractivity contribution in [1.82, 2.24) is 9.62 Å². The van der Waals surface area contributed by atoms with Gasteiger partial charge in [-0.2, -0.15) is 4.31 Å². The van der Waals surface area contributed by atoms with Gasteiger partial charge in [0.25, 0.3) is 0 Å². The van der Waals surface area contributed by atoms with Crippen LogP contribution in [0.5, 0.6) is 5.75 Å². The Morgan fingerprint density at radius 3 is 2.32 bits per heavy atom. The fraction of sp³-hybridized carbons (Fsp3) is 0.500. The summed E-state index contributed by atoms with van der Waals surface area (Å²) in [7, 11) is -5.73. The summed E-state index contributed by atoms with van der Waals surface area (Å²) < 4.78 is 62.1. The van der Waals surface area contributed by atoms with Crippen molar-refractivity contribution in [2.24, 2.45) is 5.92 Å². The number of hydrogen-bond acceptors (Lipinski definition) is 8. The maximum atomic E-state index is 13.5. The standard InChI is InChI=1S/C26H36N2O8S2/c1-19(2)16-28(38(33,34)23-11-9-21(35-3)10-12-23)17-25(29)24(15-20-7-5-4-6-8-20)27-26(30)36-22-13-14-37(31,32)18-22/h4-12,19,22,24-25,29H,13-18H2,1-3H3,(H,27,30)/t22-,24-,25+/m0/s1. The Balaban J connectivity index is 1.80. The Kier molecular flexibility index (Phi) is 10.2. The largest absolute Gasteiger partial charge is 0.497 e. The van der Waals surface area contributed by atoms with Gasteiger partial charge in [-0.15, -0.1) is 0 Å². The Morgan fingerprint density at radius 2 is 1.76 bits per heavy atom. The van der Waals surface area contributed by atoms with E-state index in [0.29, 0.717) is 5.75 Å². The predicted octanol–water partition coefficient (Wildman–Crippen LogP) is 2.23. The first kappa shape index (κ1) is 29.9. The third kappa shape index (κ3) is 8.42. The average Bonchev–Trinajstić information content (AvgIpc) is 3.21. The molecule has 2 aromatic rings. The number of sulfone groups is 1. The summed E-state index contributed by atoms with van der Waals surface area (Å²) in [5.41, 5.74) is 0.814. The molecule has 210 valence electrons. The van der Waals surface area contributed by atoms with E-state index in [1.54, 1.807) is 12.1 Å². The fourth-order valence-corrected chi connectivity index (χ4v) is 7.46. The zero-order valence-electron chi connectivity index (χ0n) is 21.8. The predicted molar refractivity (Wildman–Crippen MR) is 143 cm³/mol. The number of carbonyl (C=O) groups is 1. The third-order valence-corrected chi connectivity index (χ3v) is 9.77. The lowest BCUT2D eigenvalue weighted by Gasteiger charge is -2.30. The van der Waals surface area contributed by atoms with Gasteiger partial charge in [0.15, 0.2) is 9.84 Å². The summed E-state index contributed by atoms with van der Waals surface area (Å²) >= 11 is 0. The molecule has 1 fully saturated rings. The van der Waals surface area contributed by atoms with Gasteiger partial charge in [0.05, 0.1) is 35.7 Å². The molecule has 0 radical (unpaired) electrons. The minimum atomic E-state index is -3.98. The Morgan fingerprint density at radius 1 is 1.11 bits per heavy atom. The molecule has 1 amide bonds. The van der Waals surface area contributed by atoms with Crippen molar-refractivity contribution in [3.8, 4) is 5.75 Å². The van der Waals surface area contributed by atoms with Gasteiger partial charge in [0.2, 0.25) is 10.0 Å². The third-order valence-electron chi connectivity index (χ3n) is 6.19. The van der Waals surface area contributed by atoms with E-state index >= 15 is 0 Å². The number of sulfonamides is 1. The van der Waals surface area contributed by atoms with Crippen LogP contribution >= 0.6 is 0 Å². The van der Waals surface area contributed by atoms with Crippen molar-refractivity contribution >= 4 is 26.0 Å². The summed E-state index contributed by atoms with van der Waals surface area (Å²) in [5.74, 6) is 0.188. The van der Waals surface area contributed by atoms with Gasteiger partial charge in [0.1, 0.15) is 11.9 Å². The molecule has 2 aromatic carbocycles. The number of hydrogen-bond donors (Lipinski definition) is 2. The van der Waals surface area contributed by atoms with Gasteiger partial charge in [-0.05, 0) is 48.6 Å². The Bertz CT molecular complexity index is 1270. The first-order chi connectivity index (χ1) is 17.9. The van der Waals surface area contributed by atoms with Gasteiger partial charge in [-0.1, -0.05) is 44.2 Å². The quantitative estimate of drug-likeness (QED) is 0.397. The van der Waals surface area contributed by atoms with Crippen LogP contribution in [0.3, 0.4) is 0 Å². The molecular formula is C26H36N2O8S2. The van der Waals surface area contributed by atoms with Gasteiger partial charge in [0, 0.05) is 13.1 Å². The van der Waals surface area contributed by atoms with E-state index in [9.17, 15) is 26.7 Å². The second kappa shape index (κ2) is 12.9. The number of ether oxygens (including phenoxy) is 2. The van der Waals surface area contributed by atoms with E-state index in [2.05, 4.69) is 5.32 Å². The first-order valence-corrected chi connectivity index (χ1v) is 15.7. The molecule has 10 nitrogen and oxygen atoms in total. The fourth-order valence-electron chi connectivity index (χ4n) is 4.25. The van der Waals surface area contributed by atoms with E-state index in [1.165, 1.54) is 23.5 Å². The van der Waals surface area contributed by atoms with Gasteiger partial charge in [-0.25, -0.2) is 21.6 Å². The summed E-state index contributed by atoms with van der Waals surface area (Å²) in [5, 5.41) is 13.9. The highest BCUT2D eigenvalue weighted by atomic mass is 32.2. The highest BCUT2D eigenvalue weighted by Crippen LogP contribution is 2.22. The number of alkyl carbamates (subject to hydrolysis) is 1. The highest BCUT2D eigenvalue weighted by Gasteiger charge is 2.34. The highest BCUT2D eigenvalue weighted by molar-refractivity contribution is 7.91. The van der Waals surface area contributed by atoms with Crippen molar-refractivity contribution < 1.29 is 36.2 Å². The molecule has 0 aliphatic carbocycles. The van der Waals surface area contributed by atoms with Crippen LogP contribution in [0.2, 0.25) is 0 Å². The zero-order chi connectivity index (χ0) is 27.9. The number of benzene rings is 2. The lowest BCUT2D eigenvalue weighted by molar-refractivity contribution is 0.0768. The average molecular weight is 569 g/mol. The lowest BCUT2D eigenvalue weighted by atomic mass is 10.0. The second-order valence-electron chi connectivity index (χ2n) is 9.83. The number of nitrogens with one attached hydrogen (secondary N) is 1. The molecule has 3 atom stereocenters. The van der Waals surface area contributed by atoms with Crippen molar-refractivity contribution in [1.29, 1.82) is 0 Å². The van der Waals surface area contributed by atoms with E-state index in [1.807, 2.05) is 44.2 Å². The molecule has 2 N–H and O–H groups in total. The van der Waals surface area contributed by atoms with Crippen molar-refractivity contribution in [2.75, 3.05) is 31.7 Å².